The molecule has 112 valence electrons. The summed E-state index contributed by atoms with van der Waals surface area (Å²) in [5.74, 6) is 0. The maximum Gasteiger partial charge on any atom is 0.0950 e. The van der Waals surface area contributed by atoms with Gasteiger partial charge in [-0.25, -0.2) is 0 Å². The molecule has 1 fully saturated rings. The molecule has 1 aromatic carbocycles. The molecule has 3 rings (SSSR count). The fraction of sp³-hybridized carbons (Fsp3) is 0.438. The topological polar surface area (TPSA) is 50.5 Å². The predicted octanol–water partition coefficient (Wildman–Crippen LogP) is 1.12. The molecule has 2 atom stereocenters. The first-order valence-electron chi connectivity index (χ1n) is 7.24. The molecule has 2 aromatic rings. The molecule has 0 aliphatic carbocycles. The summed E-state index contributed by atoms with van der Waals surface area (Å²) in [4.78, 5) is 2.17. The summed E-state index contributed by atoms with van der Waals surface area (Å²) >= 11 is 0. The van der Waals surface area contributed by atoms with E-state index >= 15 is 0 Å². The Balaban J connectivity index is 1.72. The van der Waals surface area contributed by atoms with E-state index in [0.717, 1.165) is 13.1 Å². The lowest BCUT2D eigenvalue weighted by Gasteiger charge is -2.26. The van der Waals surface area contributed by atoms with Gasteiger partial charge in [-0.3, -0.25) is 9.58 Å². The van der Waals surface area contributed by atoms with E-state index in [1.54, 1.807) is 6.20 Å². The van der Waals surface area contributed by atoms with Gasteiger partial charge in [0.25, 0.3) is 0 Å². The quantitative estimate of drug-likeness (QED) is 0.895. The van der Waals surface area contributed by atoms with Crippen LogP contribution in [0.1, 0.15) is 11.1 Å². The number of rotatable bonds is 5. The number of likely N-dealkylation sites (N-methyl/N-ethyl adjacent to an activating group) is 1. The molecule has 1 aliphatic heterocycles. The molecule has 1 N–H and O–H groups in total. The van der Waals surface area contributed by atoms with Gasteiger partial charge in [0.05, 0.1) is 31.9 Å². The lowest BCUT2D eigenvalue weighted by Crippen LogP contribution is -2.40. The Bertz CT molecular complexity index is 571. The zero-order chi connectivity index (χ0) is 14.7. The van der Waals surface area contributed by atoms with Gasteiger partial charge >= 0.3 is 0 Å². The maximum absolute atomic E-state index is 9.93. The summed E-state index contributed by atoms with van der Waals surface area (Å²) in [5, 5.41) is 14.2. The lowest BCUT2D eigenvalue weighted by molar-refractivity contribution is 0.0924. The molecular weight excluding hydrogens is 266 g/mol. The van der Waals surface area contributed by atoms with Crippen molar-refractivity contribution in [3.8, 4) is 0 Å². The number of nitrogens with zero attached hydrogens (tertiary/aromatic N) is 3. The third-order valence-corrected chi connectivity index (χ3v) is 4.02. The third-order valence-electron chi connectivity index (χ3n) is 4.02. The van der Waals surface area contributed by atoms with Gasteiger partial charge < -0.3 is 9.84 Å². The second-order valence-corrected chi connectivity index (χ2v) is 5.56. The molecule has 0 amide bonds. The second kappa shape index (κ2) is 6.39. The summed E-state index contributed by atoms with van der Waals surface area (Å²) in [6.45, 7) is 2.59. The molecule has 1 aliphatic rings. The molecule has 1 saturated heterocycles. The van der Waals surface area contributed by atoms with Crippen molar-refractivity contribution in [3.63, 3.8) is 0 Å². The van der Waals surface area contributed by atoms with Gasteiger partial charge in [-0.15, -0.1) is 0 Å². The molecule has 0 bridgehead atoms. The van der Waals surface area contributed by atoms with E-state index in [1.807, 2.05) is 24.0 Å². The molecule has 21 heavy (non-hydrogen) atoms. The first-order chi connectivity index (χ1) is 10.2. The van der Waals surface area contributed by atoms with E-state index in [0.29, 0.717) is 13.2 Å². The van der Waals surface area contributed by atoms with Crippen molar-refractivity contribution in [2.75, 3.05) is 20.3 Å². The molecule has 0 spiro atoms. The minimum Gasteiger partial charge on any atom is -0.389 e. The van der Waals surface area contributed by atoms with Crippen LogP contribution in [0.25, 0.3) is 0 Å². The Morgan fingerprint density at radius 1 is 1.29 bits per heavy atom. The van der Waals surface area contributed by atoms with Crippen LogP contribution in [-0.4, -0.2) is 52.2 Å². The molecule has 2 heterocycles. The van der Waals surface area contributed by atoms with Gasteiger partial charge in [0.15, 0.2) is 0 Å². The van der Waals surface area contributed by atoms with Crippen LogP contribution in [0.3, 0.4) is 0 Å². The predicted molar refractivity (Wildman–Crippen MR) is 79.9 cm³/mol. The van der Waals surface area contributed by atoms with Gasteiger partial charge in [0.2, 0.25) is 0 Å². The van der Waals surface area contributed by atoms with Gasteiger partial charge in [-0.2, -0.15) is 5.10 Å². The average molecular weight is 287 g/mol. The van der Waals surface area contributed by atoms with E-state index in [2.05, 4.69) is 34.3 Å². The van der Waals surface area contributed by atoms with Gasteiger partial charge in [0, 0.05) is 18.9 Å². The first-order valence-corrected chi connectivity index (χ1v) is 7.24. The number of aliphatic hydroxyl groups is 1. The van der Waals surface area contributed by atoms with Crippen LogP contribution in [0.5, 0.6) is 0 Å². The average Bonchev–Trinajstić information content (AvgIpc) is 3.12. The maximum atomic E-state index is 9.93. The van der Waals surface area contributed by atoms with Crippen LogP contribution >= 0.6 is 0 Å². The van der Waals surface area contributed by atoms with Crippen molar-refractivity contribution in [1.82, 2.24) is 14.7 Å². The molecule has 1 aromatic heterocycles. The van der Waals surface area contributed by atoms with Gasteiger partial charge in [0.1, 0.15) is 0 Å². The fourth-order valence-electron chi connectivity index (χ4n) is 2.77. The molecule has 0 radical (unpaired) electrons. The van der Waals surface area contributed by atoms with E-state index in [4.69, 9.17) is 4.74 Å². The normalized spacial score (nSPS) is 22.0. The van der Waals surface area contributed by atoms with Crippen molar-refractivity contribution in [2.45, 2.75) is 25.2 Å². The molecule has 0 unspecified atom stereocenters. The summed E-state index contributed by atoms with van der Waals surface area (Å²) in [6.07, 6.45) is 3.36. The highest BCUT2D eigenvalue weighted by Gasteiger charge is 2.29. The summed E-state index contributed by atoms with van der Waals surface area (Å²) < 4.78 is 7.26. The zero-order valence-electron chi connectivity index (χ0n) is 12.2. The van der Waals surface area contributed by atoms with E-state index in [-0.39, 0.29) is 6.04 Å². The zero-order valence-corrected chi connectivity index (χ0v) is 12.2. The SMILES string of the molecule is CN(Cc1ccccc1Cn1cccn1)[C@@H]1COC[C@H]1O. The Labute approximate surface area is 124 Å². The minimum absolute atomic E-state index is 0.0720. The van der Waals surface area contributed by atoms with Crippen molar-refractivity contribution >= 4 is 0 Å². The lowest BCUT2D eigenvalue weighted by atomic mass is 10.1. The third kappa shape index (κ3) is 3.32. The van der Waals surface area contributed by atoms with E-state index in [1.165, 1.54) is 11.1 Å². The molecule has 5 nitrogen and oxygen atoms in total. The summed E-state index contributed by atoms with van der Waals surface area (Å²) in [5.41, 5.74) is 2.51. The van der Waals surface area contributed by atoms with Crippen LogP contribution < -0.4 is 0 Å². The minimum atomic E-state index is -0.395. The molecule has 0 saturated carbocycles. The summed E-state index contributed by atoms with van der Waals surface area (Å²) in [6, 6.07) is 10.4. The molecular formula is C16H21N3O2. The fourth-order valence-corrected chi connectivity index (χ4v) is 2.77. The van der Waals surface area contributed by atoms with Crippen LogP contribution in [-0.2, 0) is 17.8 Å². The van der Waals surface area contributed by atoms with Crippen LogP contribution in [0, 0.1) is 0 Å². The standard InChI is InChI=1S/C16H21N3O2/c1-18(15-11-21-12-16(15)20)9-13-5-2-3-6-14(13)10-19-8-4-7-17-19/h2-8,15-16,20H,9-12H2,1H3/t15-,16-/m1/s1. The largest absolute Gasteiger partial charge is 0.389 e. The monoisotopic (exact) mass is 287 g/mol. The van der Waals surface area contributed by atoms with Crippen molar-refractivity contribution in [2.24, 2.45) is 0 Å². The Morgan fingerprint density at radius 2 is 2.10 bits per heavy atom. The highest BCUT2D eigenvalue weighted by molar-refractivity contribution is 5.27. The number of benzene rings is 1. The first kappa shape index (κ1) is 14.3. The van der Waals surface area contributed by atoms with Crippen LogP contribution in [0.15, 0.2) is 42.7 Å². The highest BCUT2D eigenvalue weighted by Crippen LogP contribution is 2.17. The Morgan fingerprint density at radius 3 is 2.76 bits per heavy atom. The second-order valence-electron chi connectivity index (χ2n) is 5.56. The summed E-state index contributed by atoms with van der Waals surface area (Å²) in [7, 11) is 2.03. The number of aromatic nitrogens is 2. The van der Waals surface area contributed by atoms with E-state index in [9.17, 15) is 5.11 Å². The van der Waals surface area contributed by atoms with Crippen LogP contribution in [0.4, 0.5) is 0 Å². The number of hydrogen-bond donors (Lipinski definition) is 1. The molecule has 5 heteroatoms. The van der Waals surface area contributed by atoms with Gasteiger partial charge in [-0.1, -0.05) is 24.3 Å². The van der Waals surface area contributed by atoms with Crippen LogP contribution in [0.2, 0.25) is 0 Å². The van der Waals surface area contributed by atoms with Gasteiger partial charge in [-0.05, 0) is 24.2 Å². The van der Waals surface area contributed by atoms with Crippen molar-refractivity contribution in [3.05, 3.63) is 53.9 Å². The highest BCUT2D eigenvalue weighted by atomic mass is 16.5. The Kier molecular flexibility index (Phi) is 4.34. The smallest absolute Gasteiger partial charge is 0.0950 e. The van der Waals surface area contributed by atoms with E-state index < -0.39 is 6.10 Å². The number of ether oxygens (including phenoxy) is 1. The number of hydrogen-bond acceptors (Lipinski definition) is 4. The Hall–Kier alpha value is -1.69. The van der Waals surface area contributed by atoms with Crippen molar-refractivity contribution < 1.29 is 9.84 Å². The number of aliphatic hydroxyl groups excluding tert-OH is 1. The van der Waals surface area contributed by atoms with Crippen molar-refractivity contribution in [1.29, 1.82) is 0 Å².